The third-order valence-corrected chi connectivity index (χ3v) is 8.54. The lowest BCUT2D eigenvalue weighted by Gasteiger charge is -2.29. The van der Waals surface area contributed by atoms with Gasteiger partial charge in [0.15, 0.2) is 11.5 Å². The Balaban J connectivity index is 1.50. The Morgan fingerprint density at radius 2 is 1.74 bits per heavy atom. The van der Waals surface area contributed by atoms with E-state index in [2.05, 4.69) is 29.3 Å². The van der Waals surface area contributed by atoms with Crippen molar-refractivity contribution in [3.05, 3.63) is 75.5 Å². The molecule has 9 nitrogen and oxygen atoms in total. The first-order valence-electron chi connectivity index (χ1n) is 14.2. The number of methoxy groups -OCH3 is 2. The summed E-state index contributed by atoms with van der Waals surface area (Å²) < 4.78 is 10.8. The van der Waals surface area contributed by atoms with E-state index in [0.29, 0.717) is 55.3 Å². The number of carbonyl (C=O) groups is 2. The second-order valence-electron chi connectivity index (χ2n) is 10.4. The van der Waals surface area contributed by atoms with Crippen molar-refractivity contribution in [3.8, 4) is 17.6 Å². The number of thiophene rings is 1. The number of hydrogen-bond donors (Lipinski definition) is 1. The number of nitrogens with one attached hydrogen (secondary N) is 1. The molecule has 1 aliphatic heterocycles. The number of nitrogens with zero attached hydrogens (tertiary/aromatic N) is 4. The van der Waals surface area contributed by atoms with Gasteiger partial charge in [0, 0.05) is 30.2 Å². The first-order chi connectivity index (χ1) is 20.4. The molecule has 1 aliphatic rings. The van der Waals surface area contributed by atoms with Gasteiger partial charge in [-0.2, -0.15) is 5.26 Å². The van der Waals surface area contributed by atoms with Crippen LogP contribution in [-0.4, -0.2) is 80.1 Å². The summed E-state index contributed by atoms with van der Waals surface area (Å²) in [6.07, 6.45) is 2.93. The maximum atomic E-state index is 13.9. The molecule has 2 aromatic carbocycles. The summed E-state index contributed by atoms with van der Waals surface area (Å²) in [5.41, 5.74) is 3.27. The quantitative estimate of drug-likeness (QED) is 0.296. The van der Waals surface area contributed by atoms with Crippen molar-refractivity contribution in [1.29, 1.82) is 5.26 Å². The van der Waals surface area contributed by atoms with Gasteiger partial charge >= 0.3 is 6.03 Å². The topological polar surface area (TPSA) is 98.1 Å². The molecule has 222 valence electrons. The highest BCUT2D eigenvalue weighted by molar-refractivity contribution is 7.10. The zero-order valence-electron chi connectivity index (χ0n) is 24.6. The first-order valence-corrected chi connectivity index (χ1v) is 15.1. The molecule has 42 heavy (non-hydrogen) atoms. The van der Waals surface area contributed by atoms with Crippen LogP contribution >= 0.6 is 11.3 Å². The molecule has 1 aromatic heterocycles. The van der Waals surface area contributed by atoms with E-state index in [-0.39, 0.29) is 18.5 Å². The molecule has 0 spiro atoms. The molecular weight excluding hydrogens is 550 g/mol. The van der Waals surface area contributed by atoms with Crippen LogP contribution in [0.3, 0.4) is 0 Å². The van der Waals surface area contributed by atoms with E-state index in [0.717, 1.165) is 41.9 Å². The Morgan fingerprint density at radius 1 is 1.00 bits per heavy atom. The summed E-state index contributed by atoms with van der Waals surface area (Å²) in [6, 6.07) is 16.3. The van der Waals surface area contributed by atoms with Gasteiger partial charge in [-0.1, -0.05) is 6.07 Å². The number of hydrogen-bond acceptors (Lipinski definition) is 7. The molecule has 1 N–H and O–H groups in total. The molecule has 0 unspecified atom stereocenters. The Morgan fingerprint density at radius 3 is 2.38 bits per heavy atom. The van der Waals surface area contributed by atoms with E-state index in [1.165, 1.54) is 0 Å². The van der Waals surface area contributed by atoms with Gasteiger partial charge in [-0.05, 0) is 98.2 Å². The van der Waals surface area contributed by atoms with E-state index in [1.54, 1.807) is 54.7 Å². The van der Waals surface area contributed by atoms with Crippen LogP contribution in [0.5, 0.6) is 11.5 Å². The van der Waals surface area contributed by atoms with Gasteiger partial charge in [0.05, 0.1) is 32.4 Å². The maximum absolute atomic E-state index is 13.9. The van der Waals surface area contributed by atoms with Gasteiger partial charge in [-0.25, -0.2) is 4.79 Å². The number of rotatable bonds is 13. The number of ether oxygens (including phenoxy) is 2. The lowest BCUT2D eigenvalue weighted by atomic mass is 10.1. The third-order valence-electron chi connectivity index (χ3n) is 7.54. The lowest BCUT2D eigenvalue weighted by molar-refractivity contribution is -0.132. The minimum absolute atomic E-state index is 0.0354. The van der Waals surface area contributed by atoms with Gasteiger partial charge in [0.1, 0.15) is 6.54 Å². The molecular formula is C32H39N5O4S. The molecule has 1 fully saturated rings. The second-order valence-corrected chi connectivity index (χ2v) is 11.4. The van der Waals surface area contributed by atoms with E-state index in [4.69, 9.17) is 14.7 Å². The zero-order chi connectivity index (χ0) is 29.9. The number of likely N-dealkylation sites (tertiary alicyclic amines) is 1. The Hall–Kier alpha value is -4.07. The summed E-state index contributed by atoms with van der Waals surface area (Å²) in [6.45, 7) is 6.15. The van der Waals surface area contributed by atoms with E-state index < -0.39 is 0 Å². The summed E-state index contributed by atoms with van der Waals surface area (Å²) in [7, 11) is 3.21. The van der Waals surface area contributed by atoms with Crippen LogP contribution in [0.1, 0.15) is 34.4 Å². The van der Waals surface area contributed by atoms with Crippen LogP contribution in [-0.2, 0) is 17.8 Å². The fraction of sp³-hybridized carbons (Fsp3) is 0.406. The molecule has 0 atom stereocenters. The minimum Gasteiger partial charge on any atom is -0.493 e. The Kier molecular flexibility index (Phi) is 11.2. The van der Waals surface area contributed by atoms with Crippen molar-refractivity contribution in [2.45, 2.75) is 32.7 Å². The van der Waals surface area contributed by atoms with Crippen molar-refractivity contribution in [2.24, 2.45) is 0 Å². The highest BCUT2D eigenvalue weighted by atomic mass is 32.1. The molecule has 3 aromatic rings. The third kappa shape index (κ3) is 8.47. The SMILES string of the molecule is COc1ccc(CCN(Cc2sccc2C)C(=O)CN(CCN2CCCC2)C(=O)Nc2ccc(C#N)cc2)cc1OC. The molecule has 0 aliphatic carbocycles. The van der Waals surface area contributed by atoms with Crippen molar-refractivity contribution in [2.75, 3.05) is 58.8 Å². The number of anilines is 1. The highest BCUT2D eigenvalue weighted by Crippen LogP contribution is 2.28. The molecule has 1 saturated heterocycles. The standard InChI is InChI=1S/C32H39N5O4S/c1-24-13-19-42-30(24)22-36(16-12-25-8-11-28(40-2)29(20-25)41-3)31(38)23-37(18-17-35-14-4-5-15-35)32(39)34-27-9-6-26(21-33)7-10-27/h6-11,13,19-20H,4-5,12,14-18,22-23H2,1-3H3,(H,34,39). The number of aryl methyl sites for hydroxylation is 1. The summed E-state index contributed by atoms with van der Waals surface area (Å²) in [5.74, 6) is 1.19. The number of urea groups is 1. The number of carbonyl (C=O) groups excluding carboxylic acids is 2. The Bertz CT molecular complexity index is 1380. The Labute approximate surface area is 252 Å². The van der Waals surface area contributed by atoms with E-state index in [1.807, 2.05) is 28.5 Å². The minimum atomic E-state index is -0.334. The van der Waals surface area contributed by atoms with Gasteiger partial charge < -0.3 is 29.5 Å². The van der Waals surface area contributed by atoms with Gasteiger partial charge in [0.25, 0.3) is 0 Å². The second kappa shape index (κ2) is 15.2. The van der Waals surface area contributed by atoms with Crippen molar-refractivity contribution in [3.63, 3.8) is 0 Å². The van der Waals surface area contributed by atoms with Crippen LogP contribution in [0.2, 0.25) is 0 Å². The van der Waals surface area contributed by atoms with Crippen molar-refractivity contribution in [1.82, 2.24) is 14.7 Å². The monoisotopic (exact) mass is 589 g/mol. The van der Waals surface area contributed by atoms with Crippen LogP contribution in [0.15, 0.2) is 53.9 Å². The molecule has 10 heteroatoms. The van der Waals surface area contributed by atoms with Gasteiger partial charge in [-0.3, -0.25) is 4.79 Å². The maximum Gasteiger partial charge on any atom is 0.322 e. The lowest BCUT2D eigenvalue weighted by Crippen LogP contribution is -2.47. The predicted molar refractivity (Wildman–Crippen MR) is 165 cm³/mol. The predicted octanol–water partition coefficient (Wildman–Crippen LogP) is 5.15. The van der Waals surface area contributed by atoms with Crippen molar-refractivity contribution < 1.29 is 19.1 Å². The molecule has 2 heterocycles. The average Bonchev–Trinajstić information content (AvgIpc) is 3.68. The average molecular weight is 590 g/mol. The van der Waals surface area contributed by atoms with Gasteiger partial charge in [-0.15, -0.1) is 11.3 Å². The largest absolute Gasteiger partial charge is 0.493 e. The van der Waals surface area contributed by atoms with Crippen LogP contribution in [0.4, 0.5) is 10.5 Å². The smallest absolute Gasteiger partial charge is 0.322 e. The van der Waals surface area contributed by atoms with Crippen LogP contribution in [0.25, 0.3) is 0 Å². The van der Waals surface area contributed by atoms with Gasteiger partial charge in [0.2, 0.25) is 5.91 Å². The number of nitriles is 1. The fourth-order valence-corrected chi connectivity index (χ4v) is 5.87. The number of amides is 3. The van der Waals surface area contributed by atoms with E-state index >= 15 is 0 Å². The van der Waals surface area contributed by atoms with Crippen LogP contribution < -0.4 is 14.8 Å². The molecule has 0 saturated carbocycles. The molecule has 0 radical (unpaired) electrons. The van der Waals surface area contributed by atoms with Crippen molar-refractivity contribution >= 4 is 29.0 Å². The van der Waals surface area contributed by atoms with Crippen LogP contribution in [0, 0.1) is 18.3 Å². The molecule has 0 bridgehead atoms. The molecule has 3 amide bonds. The summed E-state index contributed by atoms with van der Waals surface area (Å²) in [4.78, 5) is 34.2. The summed E-state index contributed by atoms with van der Waals surface area (Å²) >= 11 is 1.63. The number of benzene rings is 2. The fourth-order valence-electron chi connectivity index (χ4n) is 4.95. The molecule has 4 rings (SSSR count). The van der Waals surface area contributed by atoms with E-state index in [9.17, 15) is 9.59 Å². The normalized spacial score (nSPS) is 12.9. The highest BCUT2D eigenvalue weighted by Gasteiger charge is 2.24. The summed E-state index contributed by atoms with van der Waals surface area (Å²) in [5, 5.41) is 14.0. The zero-order valence-corrected chi connectivity index (χ0v) is 25.4. The first kappa shape index (κ1) is 30.9.